The van der Waals surface area contributed by atoms with E-state index in [4.69, 9.17) is 14.2 Å². The number of esters is 2. The van der Waals surface area contributed by atoms with Crippen LogP contribution >= 0.6 is 0 Å². The van der Waals surface area contributed by atoms with Gasteiger partial charge in [-0.3, -0.25) is 34.4 Å². The van der Waals surface area contributed by atoms with Crippen LogP contribution in [0.1, 0.15) is 61.8 Å². The Hall–Kier alpha value is -5.92. The molecule has 0 saturated heterocycles. The van der Waals surface area contributed by atoms with Crippen molar-refractivity contribution in [3.8, 4) is 0 Å². The second-order valence-corrected chi connectivity index (χ2v) is 10.1. The summed E-state index contributed by atoms with van der Waals surface area (Å²) in [7, 11) is 1.15. The van der Waals surface area contributed by atoms with Gasteiger partial charge >= 0.3 is 18.0 Å². The number of aryl methyl sites for hydroxylation is 1. The van der Waals surface area contributed by atoms with Crippen LogP contribution in [-0.2, 0) is 30.4 Å². The molecule has 1 unspecified atom stereocenters. The van der Waals surface area contributed by atoms with Crippen molar-refractivity contribution >= 4 is 35.5 Å². The average molecular weight is 632 g/mol. The molecule has 14 heteroatoms. The zero-order valence-electron chi connectivity index (χ0n) is 25.8. The molecule has 0 radical (unpaired) electrons. The number of rotatable bonds is 10. The molecular formula is C32H33N5O9. The summed E-state index contributed by atoms with van der Waals surface area (Å²) in [5, 5.41) is 5.27. The Morgan fingerprint density at radius 2 is 1.48 bits per heavy atom. The van der Waals surface area contributed by atoms with Gasteiger partial charge in [0.15, 0.2) is 5.92 Å². The molecule has 4 rings (SSSR count). The number of amides is 2. The Kier molecular flexibility index (Phi) is 10.2. The van der Waals surface area contributed by atoms with Crippen molar-refractivity contribution in [1.29, 1.82) is 0 Å². The minimum atomic E-state index is -1.85. The smallest absolute Gasteiger partial charge is 0.436 e. The van der Waals surface area contributed by atoms with Gasteiger partial charge in [-0.05, 0) is 45.4 Å². The fourth-order valence-electron chi connectivity index (χ4n) is 4.92. The van der Waals surface area contributed by atoms with Gasteiger partial charge in [-0.1, -0.05) is 48.5 Å². The number of methoxy groups -OCH3 is 1. The topological polar surface area (TPSA) is 180 Å². The largest absolute Gasteiger partial charge is 0.465 e. The second-order valence-electron chi connectivity index (χ2n) is 10.1. The highest BCUT2D eigenvalue weighted by Crippen LogP contribution is 2.25. The molecule has 2 aromatic heterocycles. The van der Waals surface area contributed by atoms with E-state index < -0.39 is 41.3 Å². The van der Waals surface area contributed by atoms with Gasteiger partial charge < -0.3 is 19.5 Å². The van der Waals surface area contributed by atoms with Crippen molar-refractivity contribution in [1.82, 2.24) is 14.5 Å². The predicted octanol–water partition coefficient (Wildman–Crippen LogP) is 3.54. The quantitative estimate of drug-likeness (QED) is 0.134. The van der Waals surface area contributed by atoms with Crippen LogP contribution in [0, 0.1) is 20.8 Å². The molecule has 0 saturated carbocycles. The van der Waals surface area contributed by atoms with E-state index in [1.807, 2.05) is 0 Å². The van der Waals surface area contributed by atoms with Gasteiger partial charge in [0.05, 0.1) is 41.8 Å². The minimum Gasteiger partial charge on any atom is -0.465 e. The monoisotopic (exact) mass is 631 g/mol. The summed E-state index contributed by atoms with van der Waals surface area (Å²) in [5.41, 5.74) is 2.39. The Labute approximate surface area is 263 Å². The SMILES string of the molecule is CCOC(=O)C(C(=O)Nn1c(C)c(C(=O)Nc2ccccc2)c(C(=O)OC)c1C)c1c(C)[nH]n(C(=O)OCc2ccccc2)c1=O. The maximum atomic E-state index is 13.8. The molecule has 1 atom stereocenters. The molecular weight excluding hydrogens is 598 g/mol. The van der Waals surface area contributed by atoms with Crippen LogP contribution < -0.4 is 16.3 Å². The Morgan fingerprint density at radius 3 is 2.09 bits per heavy atom. The van der Waals surface area contributed by atoms with E-state index in [9.17, 15) is 28.8 Å². The van der Waals surface area contributed by atoms with Crippen molar-refractivity contribution in [2.24, 2.45) is 0 Å². The van der Waals surface area contributed by atoms with Gasteiger partial charge in [0.2, 0.25) is 0 Å². The van der Waals surface area contributed by atoms with E-state index in [1.165, 1.54) is 27.7 Å². The van der Waals surface area contributed by atoms with Crippen LogP contribution in [0.5, 0.6) is 0 Å². The molecule has 0 aliphatic rings. The first-order valence-corrected chi connectivity index (χ1v) is 14.2. The van der Waals surface area contributed by atoms with Crippen molar-refractivity contribution in [3.05, 3.63) is 110 Å². The van der Waals surface area contributed by atoms with Gasteiger partial charge in [-0.25, -0.2) is 9.59 Å². The normalized spacial score (nSPS) is 11.3. The molecule has 3 N–H and O–H groups in total. The number of anilines is 1. The van der Waals surface area contributed by atoms with Crippen LogP contribution in [0.25, 0.3) is 0 Å². The van der Waals surface area contributed by atoms with E-state index in [-0.39, 0.29) is 47.0 Å². The highest BCUT2D eigenvalue weighted by molar-refractivity contribution is 6.13. The summed E-state index contributed by atoms with van der Waals surface area (Å²) in [5.74, 6) is -5.44. The third kappa shape index (κ3) is 6.75. The molecule has 0 bridgehead atoms. The number of carbonyl (C=O) groups excluding carboxylic acids is 5. The predicted molar refractivity (Wildman–Crippen MR) is 165 cm³/mol. The molecule has 2 amide bonds. The van der Waals surface area contributed by atoms with Gasteiger partial charge in [-0.2, -0.15) is 4.68 Å². The van der Waals surface area contributed by atoms with Crippen LogP contribution in [0.15, 0.2) is 65.5 Å². The lowest BCUT2D eigenvalue weighted by Gasteiger charge is -2.17. The van der Waals surface area contributed by atoms with Crippen molar-refractivity contribution in [2.45, 2.75) is 40.2 Å². The Bertz CT molecular complexity index is 1840. The van der Waals surface area contributed by atoms with Crippen LogP contribution in [0.2, 0.25) is 0 Å². The second kappa shape index (κ2) is 14.2. The number of hydrogen-bond acceptors (Lipinski definition) is 9. The number of hydrogen-bond donors (Lipinski definition) is 3. The Balaban J connectivity index is 1.70. The van der Waals surface area contributed by atoms with E-state index in [2.05, 4.69) is 15.8 Å². The van der Waals surface area contributed by atoms with Crippen LogP contribution in [0.4, 0.5) is 10.5 Å². The summed E-state index contributed by atoms with van der Waals surface area (Å²) in [6.07, 6.45) is -1.06. The first-order valence-electron chi connectivity index (χ1n) is 14.2. The van der Waals surface area contributed by atoms with E-state index in [0.717, 1.165) is 11.8 Å². The number of carbonyl (C=O) groups is 5. The first-order chi connectivity index (χ1) is 22.0. The van der Waals surface area contributed by atoms with E-state index in [0.29, 0.717) is 15.9 Å². The fourth-order valence-corrected chi connectivity index (χ4v) is 4.92. The number of nitrogens with zero attached hydrogens (tertiary/aromatic N) is 2. The summed E-state index contributed by atoms with van der Waals surface area (Å²) in [6.45, 7) is 5.64. The summed E-state index contributed by atoms with van der Waals surface area (Å²) in [4.78, 5) is 79.4. The maximum Gasteiger partial charge on any atom is 0.436 e. The maximum absolute atomic E-state index is 13.8. The van der Waals surface area contributed by atoms with Gasteiger partial charge in [0, 0.05) is 11.4 Å². The number of para-hydroxylation sites is 1. The third-order valence-corrected chi connectivity index (χ3v) is 7.09. The third-order valence-electron chi connectivity index (χ3n) is 7.09. The number of aromatic nitrogens is 3. The number of aromatic amines is 1. The lowest BCUT2D eigenvalue weighted by Crippen LogP contribution is -2.38. The lowest BCUT2D eigenvalue weighted by atomic mass is 9.99. The zero-order valence-corrected chi connectivity index (χ0v) is 25.8. The number of ether oxygens (including phenoxy) is 3. The summed E-state index contributed by atoms with van der Waals surface area (Å²) < 4.78 is 17.0. The van der Waals surface area contributed by atoms with Crippen molar-refractivity contribution in [2.75, 3.05) is 24.5 Å². The molecule has 46 heavy (non-hydrogen) atoms. The van der Waals surface area contributed by atoms with E-state index >= 15 is 0 Å². The van der Waals surface area contributed by atoms with Crippen LogP contribution in [-0.4, -0.2) is 58.0 Å². The summed E-state index contributed by atoms with van der Waals surface area (Å²) in [6, 6.07) is 17.3. The van der Waals surface area contributed by atoms with Crippen molar-refractivity contribution < 1.29 is 38.2 Å². The molecule has 0 aliphatic carbocycles. The molecule has 0 spiro atoms. The Morgan fingerprint density at radius 1 is 0.870 bits per heavy atom. The van der Waals surface area contributed by atoms with Gasteiger partial charge in [0.25, 0.3) is 17.4 Å². The molecule has 0 fully saturated rings. The number of nitrogens with one attached hydrogen (secondary N) is 3. The minimum absolute atomic E-state index is 0.0361. The molecule has 0 aliphatic heterocycles. The van der Waals surface area contributed by atoms with Crippen molar-refractivity contribution in [3.63, 3.8) is 0 Å². The van der Waals surface area contributed by atoms with Crippen LogP contribution in [0.3, 0.4) is 0 Å². The first kappa shape index (κ1) is 33.0. The molecule has 14 nitrogen and oxygen atoms in total. The lowest BCUT2D eigenvalue weighted by molar-refractivity contribution is -0.147. The average Bonchev–Trinajstić information content (AvgIpc) is 3.47. The molecule has 4 aromatic rings. The molecule has 2 aromatic carbocycles. The van der Waals surface area contributed by atoms with E-state index in [1.54, 1.807) is 60.7 Å². The molecule has 240 valence electrons. The molecule has 2 heterocycles. The highest BCUT2D eigenvalue weighted by atomic mass is 16.6. The fraction of sp³-hybridized carbons (Fsp3) is 0.250. The zero-order chi connectivity index (χ0) is 33.5. The number of H-pyrrole nitrogens is 1. The highest BCUT2D eigenvalue weighted by Gasteiger charge is 2.38. The van der Waals surface area contributed by atoms with Gasteiger partial charge in [-0.15, -0.1) is 0 Å². The number of benzene rings is 2. The summed E-state index contributed by atoms with van der Waals surface area (Å²) >= 11 is 0. The standard InChI is InChI=1S/C32H33N5O9/c1-6-45-31(42)26(23-18(2)34-37(29(23)40)32(43)46-17-21-13-9-7-10-14-21)28(39)35-36-19(3)24(25(20(36)4)30(41)44-5)27(38)33-22-15-11-8-12-16-22/h7-16,26,34H,6,17H2,1-5H3,(H,33,38)(H,35,39). The van der Waals surface area contributed by atoms with Gasteiger partial charge in [0.1, 0.15) is 6.61 Å².